The van der Waals surface area contributed by atoms with Crippen molar-refractivity contribution in [1.82, 2.24) is 29.7 Å². The van der Waals surface area contributed by atoms with Gasteiger partial charge in [0, 0.05) is 55.8 Å². The second kappa shape index (κ2) is 9.84. The molecule has 11 heteroatoms. The summed E-state index contributed by atoms with van der Waals surface area (Å²) in [5.74, 6) is -0.644. The minimum atomic E-state index is -1.17. The lowest BCUT2D eigenvalue weighted by atomic mass is 9.70. The Labute approximate surface area is 230 Å². The third-order valence-corrected chi connectivity index (χ3v) is 8.57. The predicted molar refractivity (Wildman–Crippen MR) is 144 cm³/mol. The van der Waals surface area contributed by atoms with Gasteiger partial charge in [-0.1, -0.05) is 37.6 Å². The molecule has 9 nitrogen and oxygen atoms in total. The van der Waals surface area contributed by atoms with E-state index in [1.165, 1.54) is 12.1 Å². The monoisotopic (exact) mass is 549 g/mol. The van der Waals surface area contributed by atoms with Gasteiger partial charge in [0.25, 0.3) is 0 Å². The third kappa shape index (κ3) is 4.51. The molecular formula is C28H29ClFN7O2. The van der Waals surface area contributed by atoms with E-state index in [1.54, 1.807) is 35.2 Å². The molecule has 6 rings (SSSR count). The van der Waals surface area contributed by atoms with Gasteiger partial charge in [-0.3, -0.25) is 9.78 Å². The SMILES string of the molecule is C[C@@H]1CN(C(=O)[C@@H]2CN(c3ccc4nncn4n3)C[C@H]2c2ccc(Cl)cn2)C[C@H](C)[C@]1(O)c1ccc(F)cc1. The van der Waals surface area contributed by atoms with Gasteiger partial charge < -0.3 is 14.9 Å². The number of fused-ring (bicyclic) bond motifs is 1. The highest BCUT2D eigenvalue weighted by Gasteiger charge is 2.49. The number of carbonyl (C=O) groups excluding carboxylic acids is 1. The molecule has 2 aliphatic heterocycles. The molecule has 0 aliphatic carbocycles. The van der Waals surface area contributed by atoms with Crippen LogP contribution < -0.4 is 4.90 Å². The summed E-state index contributed by atoms with van der Waals surface area (Å²) in [4.78, 5) is 22.7. The molecule has 1 aromatic carbocycles. The molecule has 2 aliphatic rings. The van der Waals surface area contributed by atoms with Gasteiger partial charge in [0.2, 0.25) is 5.91 Å². The Bertz CT molecular complexity index is 1480. The molecular weight excluding hydrogens is 521 g/mol. The van der Waals surface area contributed by atoms with Gasteiger partial charge in [-0.2, -0.15) is 4.52 Å². The second-order valence-corrected chi connectivity index (χ2v) is 11.2. The predicted octanol–water partition coefficient (Wildman–Crippen LogP) is 3.53. The molecule has 0 saturated carbocycles. The maximum absolute atomic E-state index is 14.2. The fourth-order valence-electron chi connectivity index (χ4n) is 6.23. The normalized spacial score (nSPS) is 27.3. The standard InChI is InChI=1S/C28H29ClFN7O2/c1-17-12-36(13-18(2)28(17,39)19-3-6-21(30)7-4-19)27(38)23-15-35(14-22(23)24-8-5-20(29)11-31-24)26-10-9-25-33-32-16-37(25)34-26/h3-11,16-18,22-23,39H,12-15H2,1-2H3/t17-,18+,22-,23-,28+/m1/s1. The summed E-state index contributed by atoms with van der Waals surface area (Å²) in [7, 11) is 0. The van der Waals surface area contributed by atoms with E-state index in [0.29, 0.717) is 42.4 Å². The Balaban J connectivity index is 1.28. The van der Waals surface area contributed by atoms with Crippen molar-refractivity contribution in [2.75, 3.05) is 31.1 Å². The van der Waals surface area contributed by atoms with Gasteiger partial charge in [-0.05, 0) is 42.0 Å². The van der Waals surface area contributed by atoms with Crippen LogP contribution in [0.25, 0.3) is 5.65 Å². The van der Waals surface area contributed by atoms with Crippen LogP contribution in [0.1, 0.15) is 31.0 Å². The first-order valence-corrected chi connectivity index (χ1v) is 13.4. The first-order chi connectivity index (χ1) is 18.7. The number of halogens is 2. The number of aliphatic hydroxyl groups is 1. The van der Waals surface area contributed by atoms with E-state index < -0.39 is 5.60 Å². The Morgan fingerprint density at radius 2 is 1.77 bits per heavy atom. The topological polar surface area (TPSA) is 99.8 Å². The molecule has 0 radical (unpaired) electrons. The van der Waals surface area contributed by atoms with Gasteiger partial charge in [0.05, 0.1) is 16.5 Å². The molecule has 2 saturated heterocycles. The number of likely N-dealkylation sites (tertiary alicyclic amines) is 1. The lowest BCUT2D eigenvalue weighted by Crippen LogP contribution is -2.57. The van der Waals surface area contributed by atoms with Crippen molar-refractivity contribution in [3.05, 3.63) is 83.2 Å². The lowest BCUT2D eigenvalue weighted by Gasteiger charge is -2.48. The molecule has 1 amide bonds. The molecule has 5 atom stereocenters. The number of anilines is 1. The summed E-state index contributed by atoms with van der Waals surface area (Å²) in [6, 6.07) is 13.4. The molecule has 202 valence electrons. The number of rotatable bonds is 4. The van der Waals surface area contributed by atoms with Crippen molar-refractivity contribution in [3.8, 4) is 0 Å². The summed E-state index contributed by atoms with van der Waals surface area (Å²) in [6.45, 7) is 5.69. The van der Waals surface area contributed by atoms with E-state index in [-0.39, 0.29) is 35.4 Å². The Morgan fingerprint density at radius 1 is 1.03 bits per heavy atom. The van der Waals surface area contributed by atoms with E-state index in [1.807, 2.05) is 36.9 Å². The van der Waals surface area contributed by atoms with Crippen molar-refractivity contribution < 1.29 is 14.3 Å². The fourth-order valence-corrected chi connectivity index (χ4v) is 6.35. The maximum atomic E-state index is 14.2. The molecule has 0 spiro atoms. The number of carbonyl (C=O) groups is 1. The number of hydrogen-bond acceptors (Lipinski definition) is 7. The molecule has 2 fully saturated rings. The van der Waals surface area contributed by atoms with Crippen LogP contribution in [0.3, 0.4) is 0 Å². The number of piperidine rings is 1. The summed E-state index contributed by atoms with van der Waals surface area (Å²) in [5.41, 5.74) is 0.946. The fraction of sp³-hybridized carbons (Fsp3) is 0.393. The number of amides is 1. The smallest absolute Gasteiger partial charge is 0.228 e. The molecule has 3 aromatic heterocycles. The van der Waals surface area contributed by atoms with Gasteiger partial charge in [0.1, 0.15) is 18.0 Å². The summed E-state index contributed by atoms with van der Waals surface area (Å²) >= 11 is 6.11. The van der Waals surface area contributed by atoms with Crippen LogP contribution in [0.4, 0.5) is 10.2 Å². The average molecular weight is 550 g/mol. The second-order valence-electron chi connectivity index (χ2n) is 10.7. The molecule has 4 aromatic rings. The molecule has 0 bridgehead atoms. The third-order valence-electron chi connectivity index (χ3n) is 8.35. The number of nitrogens with zero attached hydrogens (tertiary/aromatic N) is 7. The summed E-state index contributed by atoms with van der Waals surface area (Å²) in [6.07, 6.45) is 3.16. The van der Waals surface area contributed by atoms with Crippen molar-refractivity contribution in [2.45, 2.75) is 25.4 Å². The minimum Gasteiger partial charge on any atom is -0.384 e. The Hall–Kier alpha value is -3.63. The first-order valence-electron chi connectivity index (χ1n) is 13.0. The zero-order valence-corrected chi connectivity index (χ0v) is 22.4. The summed E-state index contributed by atoms with van der Waals surface area (Å²) in [5, 5.41) is 24.8. The number of benzene rings is 1. The minimum absolute atomic E-state index is 0.0180. The number of aromatic nitrogens is 5. The van der Waals surface area contributed by atoms with E-state index in [9.17, 15) is 14.3 Å². The Kier molecular flexibility index (Phi) is 6.47. The highest BCUT2D eigenvalue weighted by molar-refractivity contribution is 6.30. The van der Waals surface area contributed by atoms with E-state index >= 15 is 0 Å². The van der Waals surface area contributed by atoms with Gasteiger partial charge in [0.15, 0.2) is 5.65 Å². The maximum Gasteiger partial charge on any atom is 0.228 e. The van der Waals surface area contributed by atoms with Crippen LogP contribution >= 0.6 is 11.6 Å². The van der Waals surface area contributed by atoms with E-state index in [4.69, 9.17) is 11.6 Å². The van der Waals surface area contributed by atoms with Crippen molar-refractivity contribution in [2.24, 2.45) is 17.8 Å². The number of hydrogen-bond donors (Lipinski definition) is 1. The molecule has 1 N–H and O–H groups in total. The van der Waals surface area contributed by atoms with Crippen LogP contribution in [0.15, 0.2) is 61.1 Å². The average Bonchev–Trinajstić information content (AvgIpc) is 3.59. The largest absolute Gasteiger partial charge is 0.384 e. The summed E-state index contributed by atoms with van der Waals surface area (Å²) < 4.78 is 15.2. The first kappa shape index (κ1) is 25.6. The van der Waals surface area contributed by atoms with Gasteiger partial charge in [-0.25, -0.2) is 4.39 Å². The quantitative estimate of drug-likeness (QED) is 0.416. The van der Waals surface area contributed by atoms with Crippen LogP contribution in [0, 0.1) is 23.6 Å². The highest BCUT2D eigenvalue weighted by Crippen LogP contribution is 2.43. The van der Waals surface area contributed by atoms with Crippen LogP contribution in [-0.2, 0) is 10.4 Å². The van der Waals surface area contributed by atoms with E-state index in [2.05, 4.69) is 25.2 Å². The Morgan fingerprint density at radius 3 is 2.46 bits per heavy atom. The van der Waals surface area contributed by atoms with Gasteiger partial charge in [-0.15, -0.1) is 15.3 Å². The number of pyridine rings is 1. The highest BCUT2D eigenvalue weighted by atomic mass is 35.5. The lowest BCUT2D eigenvalue weighted by molar-refractivity contribution is -0.152. The van der Waals surface area contributed by atoms with Crippen LogP contribution in [-0.4, -0.2) is 66.9 Å². The van der Waals surface area contributed by atoms with Crippen LogP contribution in [0.2, 0.25) is 5.02 Å². The molecule has 39 heavy (non-hydrogen) atoms. The zero-order valence-electron chi connectivity index (χ0n) is 21.7. The zero-order chi connectivity index (χ0) is 27.3. The van der Waals surface area contributed by atoms with Crippen molar-refractivity contribution >= 4 is 29.0 Å². The molecule has 0 unspecified atom stereocenters. The van der Waals surface area contributed by atoms with E-state index in [0.717, 1.165) is 11.5 Å². The van der Waals surface area contributed by atoms with Crippen LogP contribution in [0.5, 0.6) is 0 Å². The molecule has 5 heterocycles. The van der Waals surface area contributed by atoms with Crippen molar-refractivity contribution in [1.29, 1.82) is 0 Å². The van der Waals surface area contributed by atoms with Crippen molar-refractivity contribution in [3.63, 3.8) is 0 Å². The van der Waals surface area contributed by atoms with Gasteiger partial charge >= 0.3 is 0 Å².